The van der Waals surface area contributed by atoms with Crippen molar-refractivity contribution in [3.8, 4) is 0 Å². The second-order valence-electron chi connectivity index (χ2n) is 34.5. The molecule has 11 aliphatic rings. The molecule has 0 radical (unpaired) electrons. The zero-order valence-corrected chi connectivity index (χ0v) is 73.4. The number of aliphatic hydroxyl groups is 29. The zero-order chi connectivity index (χ0) is 100. The van der Waals surface area contributed by atoms with Gasteiger partial charge in [-0.15, -0.1) is 0 Å². The molecule has 0 spiro atoms. The lowest BCUT2D eigenvalue weighted by molar-refractivity contribution is -0.405. The Morgan fingerprint density at radius 3 is 0.846 bits per heavy atom. The first kappa shape index (κ1) is 112. The van der Waals surface area contributed by atoms with Crippen molar-refractivity contribution >= 4 is 29.5 Å². The van der Waals surface area contributed by atoms with Crippen LogP contribution < -0.4 is 26.6 Å². The van der Waals surface area contributed by atoms with Crippen LogP contribution in [0.1, 0.15) is 41.5 Å². The number of aliphatic hydroxyl groups excluding tert-OH is 29. The molecule has 34 N–H and O–H groups in total. The Morgan fingerprint density at radius 1 is 0.206 bits per heavy atom. The molecule has 60 nitrogen and oxygen atoms in total. The van der Waals surface area contributed by atoms with Gasteiger partial charge in [0.15, 0.2) is 69.2 Å². The molecule has 786 valence electrons. The number of ether oxygens (including phenoxy) is 21. The number of nitrogens with one attached hydrogen (secondary N) is 5. The molecule has 0 aromatic heterocycles. The van der Waals surface area contributed by atoms with Gasteiger partial charge in [-0.3, -0.25) is 24.0 Å². The van der Waals surface area contributed by atoms with Crippen LogP contribution in [0.2, 0.25) is 0 Å². The third-order valence-electron chi connectivity index (χ3n) is 25.0. The standard InChI is InChI=1S/C76H127N5O55/c1-17-38(96)49(107)53(111)71(117-17)136-64-52(110)42(100)26(10-85)122-75(64)132-60-30(14-89)125-69(37(48(60)106)81-22(6)95)134-63-51(109)41(99)25(9-84)121-74(63)116-16-32-43(101)62(56(114)73(127-32)131-59-29(13-88)123-68(35(46(59)104)79-20(4)93)128-57-27(11-86)118-66(115)33(45(57)103)77-18(2)91)133-76-65(55(113)61(31(15-90)126-76)129-67-34(78-19(3)92)44(102)39(97)23(7-82)119-67)135-70-36(80-21(5)94)47(105)58(28(12-87)124-70)130-72-54(112)50(108)40(98)24(8-83)120-72/h17,23-76,82-90,96-115H,7-16H2,1-6H3,(H,77,91)(H,78,92)(H,79,93)(H,80,94)(H,81,95)/t17-,23+,24+,25+,26+,27+,28+,29+,30+,31+,32+,33+,34+,35+,36+,37+,38+,39+,40-,41+,42-,43+,44+,45+,46+,47+,48+,49+,50-,51-,52-,53-,54+,55-,56-,57+,58+,59+,60+,61+,62-,63-,64+,65-,66+,67-,68-,69-,70-,71-,72-,73-,74-,75-,76+/m0/s1. The number of hydrogen-bond acceptors (Lipinski definition) is 55. The number of carbonyl (C=O) groups excluding carboxylic acids is 5. The van der Waals surface area contributed by atoms with Gasteiger partial charge in [-0.1, -0.05) is 0 Å². The summed E-state index contributed by atoms with van der Waals surface area (Å²) in [5.74, 6) is -4.80. The first-order chi connectivity index (χ1) is 64.3. The summed E-state index contributed by atoms with van der Waals surface area (Å²) in [5.41, 5.74) is 0. The van der Waals surface area contributed by atoms with Crippen LogP contribution in [0.3, 0.4) is 0 Å². The van der Waals surface area contributed by atoms with Gasteiger partial charge < -0.3 is 274 Å². The first-order valence-corrected chi connectivity index (χ1v) is 43.5. The second-order valence-corrected chi connectivity index (χ2v) is 34.5. The topological polar surface area (TPSA) is 926 Å². The summed E-state index contributed by atoms with van der Waals surface area (Å²) in [6.07, 6.45) is -107. The van der Waals surface area contributed by atoms with E-state index in [1.165, 1.54) is 6.92 Å². The minimum Gasteiger partial charge on any atom is -0.394 e. The lowest BCUT2D eigenvalue weighted by Crippen LogP contribution is -2.71. The van der Waals surface area contributed by atoms with Crippen molar-refractivity contribution in [2.45, 2.75) is 379 Å². The van der Waals surface area contributed by atoms with Crippen molar-refractivity contribution in [3.63, 3.8) is 0 Å². The molecule has 5 amide bonds. The van der Waals surface area contributed by atoms with E-state index in [2.05, 4.69) is 26.6 Å². The maximum absolute atomic E-state index is 13.3. The molecule has 11 rings (SSSR count). The lowest BCUT2D eigenvalue weighted by Gasteiger charge is -2.52. The molecular weight excluding hydrogens is 1860 g/mol. The van der Waals surface area contributed by atoms with Crippen LogP contribution in [0.5, 0.6) is 0 Å². The Balaban J connectivity index is 0.965. The monoisotopic (exact) mass is 1990 g/mol. The van der Waals surface area contributed by atoms with E-state index in [0.717, 1.165) is 34.6 Å². The van der Waals surface area contributed by atoms with Crippen LogP contribution in [-0.2, 0) is 123 Å². The number of rotatable bonds is 35. The van der Waals surface area contributed by atoms with E-state index < -0.39 is 433 Å². The summed E-state index contributed by atoms with van der Waals surface area (Å²) >= 11 is 0. The van der Waals surface area contributed by atoms with E-state index in [1.807, 2.05) is 0 Å². The molecule has 0 unspecified atom stereocenters. The third-order valence-corrected chi connectivity index (χ3v) is 25.0. The van der Waals surface area contributed by atoms with Crippen molar-refractivity contribution in [1.29, 1.82) is 0 Å². The van der Waals surface area contributed by atoms with Gasteiger partial charge in [0.1, 0.15) is 262 Å². The van der Waals surface area contributed by atoms with Gasteiger partial charge in [-0.25, -0.2) is 0 Å². The molecule has 11 fully saturated rings. The van der Waals surface area contributed by atoms with Crippen LogP contribution in [0.15, 0.2) is 0 Å². The van der Waals surface area contributed by atoms with Crippen molar-refractivity contribution < 1.29 is 272 Å². The smallest absolute Gasteiger partial charge is 0.217 e. The fraction of sp³-hybridized carbons (Fsp3) is 0.934. The molecule has 0 bridgehead atoms. The summed E-state index contributed by atoms with van der Waals surface area (Å²) in [4.78, 5) is 64.8. The van der Waals surface area contributed by atoms with Crippen LogP contribution in [0.25, 0.3) is 0 Å². The summed E-state index contributed by atoms with van der Waals surface area (Å²) in [6.45, 7) is -5.93. The fourth-order valence-corrected chi connectivity index (χ4v) is 17.8. The molecule has 11 saturated heterocycles. The van der Waals surface area contributed by atoms with E-state index in [4.69, 9.17) is 99.5 Å². The minimum absolute atomic E-state index is 0.824. The molecule has 0 aliphatic carbocycles. The Labute approximate surface area is 770 Å². The number of amides is 5. The highest BCUT2D eigenvalue weighted by Gasteiger charge is 2.63. The number of carbonyl (C=O) groups is 5. The Kier molecular flexibility index (Phi) is 40.1. The predicted octanol–water partition coefficient (Wildman–Crippen LogP) is -23.2. The normalized spacial score (nSPS) is 49.2. The SMILES string of the molecule is CC(=O)N[C@@H]1[C@@H](O)[C@H](O[C@@H]2O[C@H](CO)[C@@H](O[C@@H]3O[C@H](CO[C@H]4O[C@H](CO)[C@@H](O)[C@H](O)[C@@H]4O[C@@H]4O[C@H](CO)[C@@H](O[C@@H]5O[C@H](CO)[C@H](O)[C@H](O)[C@H]5O[C@@H]5O[C@@H](C)[C@@H](O)[C@@H](O)[C@@H]5O)[C@H](O)[C@H]4NC(C)=O)[C@@H](O)[C@H](O[C@H]4O[C@H](CO)[C@@H](O[C@@H]5O[C@H](CO)[C@@H](O)[C@H](O)[C@H]5NC(C)=O)[C@H](O)[C@@H]4O[C@@H]4O[C@H](CO)[C@@H](O[C@@H]5O[C@H](CO)[C@H](O)[C@H](O)[C@H]5O)[C@H](O)[C@H]4NC(C)=O)[C@@H]3O)[C@H](O)[C@H]2NC(C)=O)[C@@H](CO)O[C@H]1O. The predicted molar refractivity (Wildman–Crippen MR) is 419 cm³/mol. The average molecular weight is 1990 g/mol. The van der Waals surface area contributed by atoms with Crippen molar-refractivity contribution in [2.75, 3.05) is 66.1 Å². The Morgan fingerprint density at radius 2 is 0.449 bits per heavy atom. The van der Waals surface area contributed by atoms with Crippen LogP contribution >= 0.6 is 0 Å². The van der Waals surface area contributed by atoms with E-state index in [0.29, 0.717) is 0 Å². The fourth-order valence-electron chi connectivity index (χ4n) is 17.8. The van der Waals surface area contributed by atoms with Gasteiger partial charge >= 0.3 is 0 Å². The van der Waals surface area contributed by atoms with Crippen molar-refractivity contribution in [2.24, 2.45) is 0 Å². The second kappa shape index (κ2) is 48.8. The molecule has 11 aliphatic heterocycles. The lowest BCUT2D eigenvalue weighted by atomic mass is 9.93. The highest BCUT2D eigenvalue weighted by molar-refractivity contribution is 5.75. The summed E-state index contributed by atoms with van der Waals surface area (Å²) in [7, 11) is 0. The molecular formula is C76H127N5O55. The summed E-state index contributed by atoms with van der Waals surface area (Å²) in [6, 6.07) is -9.74. The molecule has 55 atom stereocenters. The molecule has 60 heteroatoms. The summed E-state index contributed by atoms with van der Waals surface area (Å²) < 4.78 is 127. The third kappa shape index (κ3) is 24.6. The maximum Gasteiger partial charge on any atom is 0.217 e. The largest absolute Gasteiger partial charge is 0.394 e. The minimum atomic E-state index is -2.73. The highest BCUT2D eigenvalue weighted by Crippen LogP contribution is 2.42. The Hall–Kier alpha value is -4.65. The molecule has 0 aromatic rings. The zero-order valence-electron chi connectivity index (χ0n) is 73.4. The number of hydrogen-bond donors (Lipinski definition) is 34. The van der Waals surface area contributed by atoms with Gasteiger partial charge in [0.25, 0.3) is 0 Å². The molecule has 0 aromatic carbocycles. The molecule has 136 heavy (non-hydrogen) atoms. The van der Waals surface area contributed by atoms with E-state index in [9.17, 15) is 172 Å². The quantitative estimate of drug-likeness (QED) is 0.0280. The van der Waals surface area contributed by atoms with Gasteiger partial charge in [0.05, 0.1) is 72.2 Å². The molecule has 11 heterocycles. The average Bonchev–Trinajstić information content (AvgIpc) is 0.756. The Bertz CT molecular complexity index is 3760. The van der Waals surface area contributed by atoms with E-state index in [-0.39, 0.29) is 0 Å². The van der Waals surface area contributed by atoms with Crippen LogP contribution in [0.4, 0.5) is 0 Å². The van der Waals surface area contributed by atoms with Crippen LogP contribution in [0, 0.1) is 0 Å². The molecule has 0 saturated carbocycles. The van der Waals surface area contributed by atoms with E-state index in [1.54, 1.807) is 0 Å². The van der Waals surface area contributed by atoms with Gasteiger partial charge in [-0.2, -0.15) is 0 Å². The van der Waals surface area contributed by atoms with Gasteiger partial charge in [-0.05, 0) is 6.92 Å². The summed E-state index contributed by atoms with van der Waals surface area (Å²) in [5, 5.41) is 340. The van der Waals surface area contributed by atoms with Gasteiger partial charge in [0.2, 0.25) is 29.5 Å². The van der Waals surface area contributed by atoms with Crippen LogP contribution in [-0.4, -0.2) is 581 Å². The highest BCUT2D eigenvalue weighted by atomic mass is 16.8. The van der Waals surface area contributed by atoms with Crippen molar-refractivity contribution in [1.82, 2.24) is 26.6 Å². The first-order valence-electron chi connectivity index (χ1n) is 43.5. The van der Waals surface area contributed by atoms with E-state index >= 15 is 0 Å². The van der Waals surface area contributed by atoms with Gasteiger partial charge in [0, 0.05) is 34.6 Å². The maximum atomic E-state index is 13.3. The van der Waals surface area contributed by atoms with Crippen molar-refractivity contribution in [3.05, 3.63) is 0 Å².